The molecule has 1 saturated heterocycles. The van der Waals surface area contributed by atoms with Gasteiger partial charge in [0.2, 0.25) is 5.91 Å². The summed E-state index contributed by atoms with van der Waals surface area (Å²) >= 11 is 0. The average molecular weight is 229 g/mol. The number of carbonyl (C=O) groups is 1. The van der Waals surface area contributed by atoms with Crippen LogP contribution >= 0.6 is 0 Å². The summed E-state index contributed by atoms with van der Waals surface area (Å²) in [5.74, 6) is 0.667. The van der Waals surface area contributed by atoms with Crippen molar-refractivity contribution in [3.8, 4) is 0 Å². The maximum absolute atomic E-state index is 11.7. The Bertz CT molecular complexity index is 499. The van der Waals surface area contributed by atoms with E-state index < -0.39 is 0 Å². The summed E-state index contributed by atoms with van der Waals surface area (Å²) in [6.45, 7) is 2.61. The van der Waals surface area contributed by atoms with Gasteiger partial charge in [-0.05, 0) is 24.6 Å². The zero-order chi connectivity index (χ0) is 11.4. The number of hydrogen-bond acceptors (Lipinski definition) is 3. The fraction of sp³-hybridized carbons (Fsp3) is 0.462. The monoisotopic (exact) mass is 229 g/mol. The zero-order valence-electron chi connectivity index (χ0n) is 9.57. The molecule has 1 aromatic rings. The molecule has 4 heteroatoms. The van der Waals surface area contributed by atoms with Gasteiger partial charge in [0, 0.05) is 18.5 Å². The van der Waals surface area contributed by atoms with Crippen molar-refractivity contribution in [2.75, 3.05) is 29.9 Å². The molecule has 0 saturated carbocycles. The van der Waals surface area contributed by atoms with Crippen LogP contribution in [0.4, 0.5) is 11.4 Å². The number of piperidine rings is 1. The van der Waals surface area contributed by atoms with E-state index in [1.165, 1.54) is 11.3 Å². The summed E-state index contributed by atoms with van der Waals surface area (Å²) in [4.78, 5) is 14.0. The van der Waals surface area contributed by atoms with Crippen LogP contribution in [0.15, 0.2) is 18.2 Å². The van der Waals surface area contributed by atoms with E-state index in [1.54, 1.807) is 0 Å². The quantitative estimate of drug-likeness (QED) is 0.695. The van der Waals surface area contributed by atoms with E-state index in [0.717, 1.165) is 25.2 Å². The van der Waals surface area contributed by atoms with E-state index in [-0.39, 0.29) is 5.91 Å². The molecular weight excluding hydrogens is 214 g/mol. The Hall–Kier alpha value is -1.55. The molecule has 0 aromatic heterocycles. The van der Waals surface area contributed by atoms with Crippen LogP contribution in [0.1, 0.15) is 17.9 Å². The molecule has 17 heavy (non-hydrogen) atoms. The molecule has 3 aliphatic heterocycles. The lowest BCUT2D eigenvalue weighted by molar-refractivity contribution is -0.115. The minimum Gasteiger partial charge on any atom is -0.357 e. The number of anilines is 2. The van der Waals surface area contributed by atoms with Crippen LogP contribution in [0.5, 0.6) is 0 Å². The number of rotatable bonds is 0. The molecule has 0 unspecified atom stereocenters. The SMILES string of the molecule is O=C1CN2c3c(cccc3[C@H]3CNCC[C@H]32)N1. The van der Waals surface area contributed by atoms with Gasteiger partial charge in [0.15, 0.2) is 0 Å². The molecule has 0 spiro atoms. The standard InChI is InChI=1S/C13H15N3O/c17-12-7-16-11-4-5-14-6-9(11)8-2-1-3-10(15-12)13(8)16/h1-3,9,11,14H,4-7H2,(H,15,17)/t9-,11-/m1/s1. The van der Waals surface area contributed by atoms with Crippen molar-refractivity contribution in [3.05, 3.63) is 23.8 Å². The normalized spacial score (nSPS) is 29.6. The molecule has 0 aliphatic carbocycles. The molecule has 3 heterocycles. The van der Waals surface area contributed by atoms with Crippen molar-refractivity contribution >= 4 is 17.3 Å². The fourth-order valence-corrected chi connectivity index (χ4v) is 3.52. The van der Waals surface area contributed by atoms with Gasteiger partial charge in [-0.2, -0.15) is 0 Å². The first kappa shape index (κ1) is 9.48. The second-order valence-electron chi connectivity index (χ2n) is 5.09. The average Bonchev–Trinajstić information content (AvgIpc) is 2.67. The van der Waals surface area contributed by atoms with Gasteiger partial charge in [-0.3, -0.25) is 4.79 Å². The van der Waals surface area contributed by atoms with E-state index in [9.17, 15) is 4.79 Å². The van der Waals surface area contributed by atoms with Gasteiger partial charge in [0.25, 0.3) is 0 Å². The van der Waals surface area contributed by atoms with E-state index in [2.05, 4.69) is 27.7 Å². The number of nitrogens with one attached hydrogen (secondary N) is 2. The molecular formula is C13H15N3O. The van der Waals surface area contributed by atoms with Gasteiger partial charge in [0.05, 0.1) is 17.9 Å². The maximum atomic E-state index is 11.7. The topological polar surface area (TPSA) is 44.4 Å². The van der Waals surface area contributed by atoms with Crippen molar-refractivity contribution in [2.45, 2.75) is 18.4 Å². The molecule has 4 nitrogen and oxygen atoms in total. The highest BCUT2D eigenvalue weighted by atomic mass is 16.2. The Morgan fingerprint density at radius 3 is 3.24 bits per heavy atom. The zero-order valence-corrected chi connectivity index (χ0v) is 9.57. The van der Waals surface area contributed by atoms with Gasteiger partial charge in [-0.15, -0.1) is 0 Å². The first-order valence-corrected chi connectivity index (χ1v) is 6.25. The van der Waals surface area contributed by atoms with Crippen molar-refractivity contribution in [2.24, 2.45) is 0 Å². The third kappa shape index (κ3) is 1.19. The summed E-state index contributed by atoms with van der Waals surface area (Å²) in [7, 11) is 0. The number of amides is 1. The summed E-state index contributed by atoms with van der Waals surface area (Å²) in [5, 5.41) is 6.44. The Kier molecular flexibility index (Phi) is 1.80. The number of para-hydroxylation sites is 1. The Morgan fingerprint density at radius 1 is 1.35 bits per heavy atom. The van der Waals surface area contributed by atoms with Crippen molar-refractivity contribution in [3.63, 3.8) is 0 Å². The van der Waals surface area contributed by atoms with Gasteiger partial charge >= 0.3 is 0 Å². The van der Waals surface area contributed by atoms with Crippen molar-refractivity contribution in [1.29, 1.82) is 0 Å². The van der Waals surface area contributed by atoms with E-state index >= 15 is 0 Å². The Morgan fingerprint density at radius 2 is 2.29 bits per heavy atom. The minimum atomic E-state index is 0.119. The lowest BCUT2D eigenvalue weighted by Crippen LogP contribution is -2.48. The highest BCUT2D eigenvalue weighted by Crippen LogP contribution is 2.48. The predicted octanol–water partition coefficient (Wildman–Crippen LogP) is 0.904. The van der Waals surface area contributed by atoms with E-state index in [1.807, 2.05) is 6.07 Å². The molecule has 2 N–H and O–H groups in total. The molecule has 4 rings (SSSR count). The van der Waals surface area contributed by atoms with Gasteiger partial charge in [-0.1, -0.05) is 12.1 Å². The summed E-state index contributed by atoms with van der Waals surface area (Å²) in [5.41, 5.74) is 3.67. The largest absolute Gasteiger partial charge is 0.357 e. The molecule has 0 bridgehead atoms. The number of nitrogens with zero attached hydrogens (tertiary/aromatic N) is 1. The van der Waals surface area contributed by atoms with Crippen LogP contribution in [0.2, 0.25) is 0 Å². The molecule has 1 amide bonds. The molecule has 1 aromatic carbocycles. The maximum Gasteiger partial charge on any atom is 0.243 e. The van der Waals surface area contributed by atoms with Crippen LogP contribution in [-0.2, 0) is 4.79 Å². The van der Waals surface area contributed by atoms with E-state index in [4.69, 9.17) is 0 Å². The summed E-state index contributed by atoms with van der Waals surface area (Å²) in [6, 6.07) is 6.78. The van der Waals surface area contributed by atoms with E-state index in [0.29, 0.717) is 18.5 Å². The molecule has 1 fully saturated rings. The first-order chi connectivity index (χ1) is 8.34. The molecule has 0 radical (unpaired) electrons. The molecule has 2 atom stereocenters. The number of benzene rings is 1. The second kappa shape index (κ2) is 3.23. The van der Waals surface area contributed by atoms with Crippen LogP contribution < -0.4 is 15.5 Å². The van der Waals surface area contributed by atoms with Crippen LogP contribution in [-0.4, -0.2) is 31.6 Å². The third-order valence-corrected chi connectivity index (χ3v) is 4.19. The van der Waals surface area contributed by atoms with Crippen LogP contribution in [0.3, 0.4) is 0 Å². The highest BCUT2D eigenvalue weighted by Gasteiger charge is 2.43. The Labute approximate surface area is 100.0 Å². The highest BCUT2D eigenvalue weighted by molar-refractivity contribution is 6.03. The van der Waals surface area contributed by atoms with Gasteiger partial charge in [-0.25, -0.2) is 0 Å². The minimum absolute atomic E-state index is 0.119. The first-order valence-electron chi connectivity index (χ1n) is 6.25. The van der Waals surface area contributed by atoms with Crippen LogP contribution in [0, 0.1) is 0 Å². The Balaban J connectivity index is 1.90. The van der Waals surface area contributed by atoms with Crippen molar-refractivity contribution in [1.82, 2.24) is 5.32 Å². The van der Waals surface area contributed by atoms with Crippen LogP contribution in [0.25, 0.3) is 0 Å². The summed E-state index contributed by atoms with van der Waals surface area (Å²) in [6.07, 6.45) is 1.13. The number of fused-ring (bicyclic) bond motifs is 3. The lowest BCUT2D eigenvalue weighted by Gasteiger charge is -2.35. The van der Waals surface area contributed by atoms with Gasteiger partial charge in [0.1, 0.15) is 0 Å². The number of carbonyl (C=O) groups excluding carboxylic acids is 1. The summed E-state index contributed by atoms with van der Waals surface area (Å²) < 4.78 is 0. The fourth-order valence-electron chi connectivity index (χ4n) is 3.52. The smallest absolute Gasteiger partial charge is 0.243 e. The van der Waals surface area contributed by atoms with Gasteiger partial charge < -0.3 is 15.5 Å². The second-order valence-corrected chi connectivity index (χ2v) is 5.09. The van der Waals surface area contributed by atoms with Crippen molar-refractivity contribution < 1.29 is 4.79 Å². The number of hydrogen-bond donors (Lipinski definition) is 2. The predicted molar refractivity (Wildman–Crippen MR) is 66.4 cm³/mol. The third-order valence-electron chi connectivity index (χ3n) is 4.19. The molecule has 88 valence electrons. The molecule has 3 aliphatic rings. The lowest BCUT2D eigenvalue weighted by atomic mass is 9.90.